The minimum atomic E-state index is -0.519. The molecule has 0 radical (unpaired) electrons. The molecule has 5 heteroatoms. The van der Waals surface area contributed by atoms with E-state index >= 15 is 0 Å². The quantitative estimate of drug-likeness (QED) is 0.846. The van der Waals surface area contributed by atoms with Crippen molar-refractivity contribution in [3.05, 3.63) is 47.7 Å². The fourth-order valence-electron chi connectivity index (χ4n) is 2.31. The van der Waals surface area contributed by atoms with Crippen LogP contribution in [0.4, 0.5) is 5.69 Å². The fraction of sp³-hybridized carbons (Fsp3) is 0.368. The molecule has 1 aromatic heterocycles. The zero-order chi connectivity index (χ0) is 17.7. The van der Waals surface area contributed by atoms with Gasteiger partial charge in [0.05, 0.1) is 6.04 Å². The molecule has 0 spiro atoms. The first-order valence-corrected chi connectivity index (χ1v) is 8.12. The van der Waals surface area contributed by atoms with Crippen molar-refractivity contribution in [3.8, 4) is 11.6 Å². The van der Waals surface area contributed by atoms with Crippen LogP contribution in [-0.4, -0.2) is 16.9 Å². The van der Waals surface area contributed by atoms with Crippen LogP contribution in [0.1, 0.15) is 31.4 Å². The summed E-state index contributed by atoms with van der Waals surface area (Å²) in [6, 6.07) is 8.78. The topological polar surface area (TPSA) is 77.2 Å². The van der Waals surface area contributed by atoms with E-state index in [4.69, 9.17) is 10.5 Å². The van der Waals surface area contributed by atoms with E-state index in [1.807, 2.05) is 52.0 Å². The van der Waals surface area contributed by atoms with Crippen LogP contribution in [0, 0.1) is 19.8 Å². The monoisotopic (exact) mass is 327 g/mol. The number of carbonyl (C=O) groups is 1. The average molecular weight is 327 g/mol. The summed E-state index contributed by atoms with van der Waals surface area (Å²) < 4.78 is 5.84. The summed E-state index contributed by atoms with van der Waals surface area (Å²) in [5.74, 6) is 1.36. The predicted octanol–water partition coefficient (Wildman–Crippen LogP) is 3.80. The third-order valence-corrected chi connectivity index (χ3v) is 3.62. The standard InChI is InChI=1S/C19H25N3O2/c1-12(2)9-16(20)19(23)22-15-6-5-14(4)17(11-15)24-18-10-13(3)7-8-21-18/h5-8,10-12,16H,9,20H2,1-4H3,(H,22,23)/t16-/m0/s1. The highest BCUT2D eigenvalue weighted by molar-refractivity contribution is 5.94. The maximum Gasteiger partial charge on any atom is 0.241 e. The molecule has 0 aliphatic rings. The maximum atomic E-state index is 12.2. The Labute approximate surface area is 143 Å². The largest absolute Gasteiger partial charge is 0.439 e. The van der Waals surface area contributed by atoms with Gasteiger partial charge < -0.3 is 15.8 Å². The smallest absolute Gasteiger partial charge is 0.241 e. The normalized spacial score (nSPS) is 12.1. The number of aryl methyl sites for hydroxylation is 2. The molecule has 1 heterocycles. The van der Waals surface area contributed by atoms with Gasteiger partial charge in [-0.1, -0.05) is 19.9 Å². The lowest BCUT2D eigenvalue weighted by Crippen LogP contribution is -2.36. The number of aromatic nitrogens is 1. The number of hydrogen-bond acceptors (Lipinski definition) is 4. The highest BCUT2D eigenvalue weighted by Crippen LogP contribution is 2.27. The van der Waals surface area contributed by atoms with E-state index in [-0.39, 0.29) is 5.91 Å². The first kappa shape index (κ1) is 17.9. The van der Waals surface area contributed by atoms with E-state index in [0.29, 0.717) is 29.7 Å². The van der Waals surface area contributed by atoms with Gasteiger partial charge in [-0.2, -0.15) is 0 Å². The van der Waals surface area contributed by atoms with Gasteiger partial charge in [-0.05, 0) is 49.4 Å². The third kappa shape index (κ3) is 5.06. The van der Waals surface area contributed by atoms with E-state index in [9.17, 15) is 4.79 Å². The van der Waals surface area contributed by atoms with Gasteiger partial charge in [0.25, 0.3) is 0 Å². The first-order chi connectivity index (χ1) is 11.3. The number of rotatable bonds is 6. The van der Waals surface area contributed by atoms with Crippen LogP contribution in [0.5, 0.6) is 11.6 Å². The van der Waals surface area contributed by atoms with Crippen molar-refractivity contribution in [3.63, 3.8) is 0 Å². The van der Waals surface area contributed by atoms with Crippen LogP contribution >= 0.6 is 0 Å². The molecule has 5 nitrogen and oxygen atoms in total. The van der Waals surface area contributed by atoms with Gasteiger partial charge in [-0.25, -0.2) is 4.98 Å². The number of nitrogens with two attached hydrogens (primary N) is 1. The molecule has 128 valence electrons. The van der Waals surface area contributed by atoms with Crippen molar-refractivity contribution in [2.24, 2.45) is 11.7 Å². The molecule has 1 amide bonds. The molecule has 0 saturated heterocycles. The molecule has 24 heavy (non-hydrogen) atoms. The Morgan fingerprint density at radius 2 is 2.00 bits per heavy atom. The second kappa shape index (κ2) is 7.93. The van der Waals surface area contributed by atoms with Crippen LogP contribution in [0.3, 0.4) is 0 Å². The molecule has 0 fully saturated rings. The SMILES string of the molecule is Cc1ccnc(Oc2cc(NC(=O)[C@@H](N)CC(C)C)ccc2C)c1. The Bertz CT molecular complexity index is 714. The number of benzene rings is 1. The van der Waals surface area contributed by atoms with E-state index in [1.165, 1.54) is 0 Å². The Kier molecular flexibility index (Phi) is 5.93. The first-order valence-electron chi connectivity index (χ1n) is 8.12. The van der Waals surface area contributed by atoms with Crippen molar-refractivity contribution in [1.29, 1.82) is 0 Å². The van der Waals surface area contributed by atoms with Gasteiger partial charge in [0.15, 0.2) is 0 Å². The summed E-state index contributed by atoms with van der Waals surface area (Å²) in [6.07, 6.45) is 2.35. The Hall–Kier alpha value is -2.40. The number of nitrogens with one attached hydrogen (secondary N) is 1. The average Bonchev–Trinajstić information content (AvgIpc) is 2.50. The van der Waals surface area contributed by atoms with Gasteiger partial charge >= 0.3 is 0 Å². The van der Waals surface area contributed by atoms with Crippen LogP contribution in [0.25, 0.3) is 0 Å². The second-order valence-corrected chi connectivity index (χ2v) is 6.48. The van der Waals surface area contributed by atoms with Crippen molar-refractivity contribution in [1.82, 2.24) is 4.98 Å². The minimum Gasteiger partial charge on any atom is -0.439 e. The van der Waals surface area contributed by atoms with Crippen molar-refractivity contribution in [2.75, 3.05) is 5.32 Å². The van der Waals surface area contributed by atoms with Gasteiger partial charge in [-0.3, -0.25) is 4.79 Å². The summed E-state index contributed by atoms with van der Waals surface area (Å²) in [4.78, 5) is 16.4. The number of carbonyl (C=O) groups excluding carboxylic acids is 1. The van der Waals surface area contributed by atoms with E-state index in [1.54, 1.807) is 12.3 Å². The summed E-state index contributed by atoms with van der Waals surface area (Å²) >= 11 is 0. The van der Waals surface area contributed by atoms with E-state index in [2.05, 4.69) is 10.3 Å². The molecule has 0 aliphatic carbocycles. The molecular formula is C19H25N3O2. The predicted molar refractivity (Wildman–Crippen MR) is 96.3 cm³/mol. The lowest BCUT2D eigenvalue weighted by molar-refractivity contribution is -0.117. The summed E-state index contributed by atoms with van der Waals surface area (Å²) in [5.41, 5.74) is 8.61. The molecule has 0 bridgehead atoms. The van der Waals surface area contributed by atoms with Crippen molar-refractivity contribution in [2.45, 2.75) is 40.2 Å². The van der Waals surface area contributed by atoms with E-state index < -0.39 is 6.04 Å². The Morgan fingerprint density at radius 3 is 2.67 bits per heavy atom. The molecular weight excluding hydrogens is 302 g/mol. The zero-order valence-corrected chi connectivity index (χ0v) is 14.7. The lowest BCUT2D eigenvalue weighted by atomic mass is 10.0. The highest BCUT2D eigenvalue weighted by atomic mass is 16.5. The van der Waals surface area contributed by atoms with Gasteiger partial charge in [0, 0.05) is 24.0 Å². The molecule has 2 rings (SSSR count). The van der Waals surface area contributed by atoms with Gasteiger partial charge in [0.2, 0.25) is 11.8 Å². The number of amides is 1. The van der Waals surface area contributed by atoms with Crippen molar-refractivity contribution < 1.29 is 9.53 Å². The Morgan fingerprint density at radius 1 is 1.25 bits per heavy atom. The number of pyridine rings is 1. The molecule has 3 N–H and O–H groups in total. The van der Waals surface area contributed by atoms with E-state index in [0.717, 1.165) is 11.1 Å². The maximum absolute atomic E-state index is 12.2. The number of ether oxygens (including phenoxy) is 1. The van der Waals surface area contributed by atoms with Crippen LogP contribution in [0.2, 0.25) is 0 Å². The molecule has 0 unspecified atom stereocenters. The third-order valence-electron chi connectivity index (χ3n) is 3.62. The number of anilines is 1. The van der Waals surface area contributed by atoms with Gasteiger partial charge in [-0.15, -0.1) is 0 Å². The molecule has 0 saturated carbocycles. The van der Waals surface area contributed by atoms with Crippen LogP contribution in [0.15, 0.2) is 36.5 Å². The summed E-state index contributed by atoms with van der Waals surface area (Å²) in [7, 11) is 0. The molecule has 2 aromatic rings. The van der Waals surface area contributed by atoms with Crippen molar-refractivity contribution >= 4 is 11.6 Å². The number of hydrogen-bond donors (Lipinski definition) is 2. The lowest BCUT2D eigenvalue weighted by Gasteiger charge is -2.15. The summed E-state index contributed by atoms with van der Waals surface area (Å²) in [5, 5.41) is 2.85. The molecule has 1 aromatic carbocycles. The molecule has 1 atom stereocenters. The van der Waals surface area contributed by atoms with Crippen LogP contribution in [-0.2, 0) is 4.79 Å². The summed E-state index contributed by atoms with van der Waals surface area (Å²) in [6.45, 7) is 8.01. The fourth-order valence-corrected chi connectivity index (χ4v) is 2.31. The zero-order valence-electron chi connectivity index (χ0n) is 14.7. The highest BCUT2D eigenvalue weighted by Gasteiger charge is 2.15. The Balaban J connectivity index is 2.12. The minimum absolute atomic E-state index is 0.188. The number of nitrogens with zero attached hydrogens (tertiary/aromatic N) is 1. The second-order valence-electron chi connectivity index (χ2n) is 6.48. The van der Waals surface area contributed by atoms with Crippen LogP contribution < -0.4 is 15.8 Å². The van der Waals surface area contributed by atoms with Gasteiger partial charge in [0.1, 0.15) is 5.75 Å². The molecule has 0 aliphatic heterocycles.